The fourth-order valence-corrected chi connectivity index (χ4v) is 4.10. The fraction of sp³-hybridized carbons (Fsp3) is 0.0690. The van der Waals surface area contributed by atoms with Gasteiger partial charge in [0.15, 0.2) is 0 Å². The van der Waals surface area contributed by atoms with Gasteiger partial charge in [-0.3, -0.25) is 9.59 Å². The maximum absolute atomic E-state index is 12.9. The SMILES string of the molecule is N#CC(=Cc1cn(CC(=O)NCc2ccco2)c2ccccc12)C(=O)Nc1ccc2ccccc2c1. The van der Waals surface area contributed by atoms with Crippen molar-refractivity contribution in [2.24, 2.45) is 0 Å². The van der Waals surface area contributed by atoms with E-state index in [1.807, 2.05) is 72.8 Å². The number of furan rings is 1. The van der Waals surface area contributed by atoms with E-state index in [0.29, 0.717) is 23.6 Å². The molecule has 0 atom stereocenters. The number of carbonyl (C=O) groups excluding carboxylic acids is 2. The smallest absolute Gasteiger partial charge is 0.266 e. The van der Waals surface area contributed by atoms with Crippen molar-refractivity contribution < 1.29 is 14.0 Å². The Kier molecular flexibility index (Phi) is 6.33. The van der Waals surface area contributed by atoms with Gasteiger partial charge in [0.05, 0.1) is 12.8 Å². The average molecular weight is 475 g/mol. The molecular formula is C29H22N4O3. The zero-order chi connectivity index (χ0) is 24.9. The molecule has 176 valence electrons. The van der Waals surface area contributed by atoms with Crippen LogP contribution in [-0.4, -0.2) is 16.4 Å². The minimum absolute atomic E-state index is 0.0340. The Morgan fingerprint density at radius 2 is 1.78 bits per heavy atom. The zero-order valence-electron chi connectivity index (χ0n) is 19.3. The highest BCUT2D eigenvalue weighted by Gasteiger charge is 2.14. The normalized spacial score (nSPS) is 11.4. The van der Waals surface area contributed by atoms with Crippen molar-refractivity contribution in [3.8, 4) is 6.07 Å². The van der Waals surface area contributed by atoms with Crippen LogP contribution in [0.25, 0.3) is 27.8 Å². The summed E-state index contributed by atoms with van der Waals surface area (Å²) < 4.78 is 7.05. The number of benzene rings is 3. The van der Waals surface area contributed by atoms with E-state index in [2.05, 4.69) is 10.6 Å². The number of hydrogen-bond acceptors (Lipinski definition) is 4. The van der Waals surface area contributed by atoms with Crippen molar-refractivity contribution in [2.75, 3.05) is 5.32 Å². The summed E-state index contributed by atoms with van der Waals surface area (Å²) in [6.45, 7) is 0.381. The number of fused-ring (bicyclic) bond motifs is 2. The maximum Gasteiger partial charge on any atom is 0.266 e. The van der Waals surface area contributed by atoms with Gasteiger partial charge in [-0.05, 0) is 47.2 Å². The fourth-order valence-electron chi connectivity index (χ4n) is 4.10. The molecule has 0 radical (unpaired) electrons. The number of nitrogens with zero attached hydrogens (tertiary/aromatic N) is 2. The van der Waals surface area contributed by atoms with Crippen LogP contribution < -0.4 is 10.6 Å². The van der Waals surface area contributed by atoms with Gasteiger partial charge in [-0.15, -0.1) is 0 Å². The van der Waals surface area contributed by atoms with Gasteiger partial charge in [0.1, 0.15) is 23.9 Å². The van der Waals surface area contributed by atoms with E-state index >= 15 is 0 Å². The van der Waals surface area contributed by atoms with E-state index in [1.165, 1.54) is 0 Å². The lowest BCUT2D eigenvalue weighted by molar-refractivity contribution is -0.121. The molecule has 5 aromatic rings. The molecule has 0 bridgehead atoms. The van der Waals surface area contributed by atoms with Crippen molar-refractivity contribution in [3.63, 3.8) is 0 Å². The van der Waals surface area contributed by atoms with E-state index < -0.39 is 5.91 Å². The third-order valence-corrected chi connectivity index (χ3v) is 5.85. The number of hydrogen-bond donors (Lipinski definition) is 2. The highest BCUT2D eigenvalue weighted by Crippen LogP contribution is 2.24. The van der Waals surface area contributed by atoms with Crippen LogP contribution in [-0.2, 0) is 22.7 Å². The quantitative estimate of drug-likeness (QED) is 0.249. The highest BCUT2D eigenvalue weighted by atomic mass is 16.3. The Morgan fingerprint density at radius 3 is 2.58 bits per heavy atom. The molecule has 5 rings (SSSR count). The third kappa shape index (κ3) is 4.88. The Bertz CT molecular complexity index is 1640. The van der Waals surface area contributed by atoms with Gasteiger partial charge < -0.3 is 19.6 Å². The number of nitriles is 1. The molecule has 7 heteroatoms. The number of amides is 2. The summed E-state index contributed by atoms with van der Waals surface area (Å²) in [4.78, 5) is 25.5. The molecule has 36 heavy (non-hydrogen) atoms. The van der Waals surface area contributed by atoms with Gasteiger partial charge in [0, 0.05) is 28.4 Å². The Balaban J connectivity index is 1.37. The molecule has 0 aliphatic heterocycles. The van der Waals surface area contributed by atoms with Crippen LogP contribution in [0.3, 0.4) is 0 Å². The third-order valence-electron chi connectivity index (χ3n) is 5.85. The predicted molar refractivity (Wildman–Crippen MR) is 139 cm³/mol. The van der Waals surface area contributed by atoms with Crippen LogP contribution in [0.1, 0.15) is 11.3 Å². The average Bonchev–Trinajstić information content (AvgIpc) is 3.54. The van der Waals surface area contributed by atoms with Crippen molar-refractivity contribution in [1.29, 1.82) is 5.26 Å². The first-order chi connectivity index (χ1) is 17.6. The minimum Gasteiger partial charge on any atom is -0.467 e. The van der Waals surface area contributed by atoms with Crippen molar-refractivity contribution in [1.82, 2.24) is 9.88 Å². The number of para-hydroxylation sites is 1. The van der Waals surface area contributed by atoms with E-state index in [-0.39, 0.29) is 18.0 Å². The van der Waals surface area contributed by atoms with Gasteiger partial charge in [-0.2, -0.15) is 5.26 Å². The molecule has 0 unspecified atom stereocenters. The number of carbonyl (C=O) groups is 2. The van der Waals surface area contributed by atoms with Gasteiger partial charge in [0.25, 0.3) is 5.91 Å². The second kappa shape index (κ2) is 10.0. The molecule has 0 saturated carbocycles. The van der Waals surface area contributed by atoms with Gasteiger partial charge in [0.2, 0.25) is 5.91 Å². The van der Waals surface area contributed by atoms with Crippen LogP contribution in [0.15, 0.2) is 101 Å². The largest absolute Gasteiger partial charge is 0.467 e. The van der Waals surface area contributed by atoms with Crippen LogP contribution in [0.5, 0.6) is 0 Å². The van der Waals surface area contributed by atoms with Crippen LogP contribution in [0.2, 0.25) is 0 Å². The maximum atomic E-state index is 12.9. The highest BCUT2D eigenvalue weighted by molar-refractivity contribution is 6.11. The van der Waals surface area contributed by atoms with E-state index in [4.69, 9.17) is 4.42 Å². The molecule has 3 aromatic carbocycles. The van der Waals surface area contributed by atoms with Crippen LogP contribution in [0, 0.1) is 11.3 Å². The molecule has 0 saturated heterocycles. The lowest BCUT2D eigenvalue weighted by Crippen LogP contribution is -2.26. The molecule has 0 spiro atoms. The summed E-state index contributed by atoms with van der Waals surface area (Å²) in [5.74, 6) is -0.0153. The summed E-state index contributed by atoms with van der Waals surface area (Å²) >= 11 is 0. The second-order valence-corrected chi connectivity index (χ2v) is 8.27. The lowest BCUT2D eigenvalue weighted by Gasteiger charge is -2.06. The first-order valence-electron chi connectivity index (χ1n) is 11.4. The number of nitrogens with one attached hydrogen (secondary N) is 2. The first kappa shape index (κ1) is 22.7. The molecule has 7 nitrogen and oxygen atoms in total. The topological polar surface area (TPSA) is 100 Å². The van der Waals surface area contributed by atoms with E-state index in [9.17, 15) is 14.9 Å². The Labute approximate surface area is 207 Å². The van der Waals surface area contributed by atoms with E-state index in [0.717, 1.165) is 21.7 Å². The molecule has 0 aliphatic rings. The van der Waals surface area contributed by atoms with Gasteiger partial charge in [-0.25, -0.2) is 0 Å². The van der Waals surface area contributed by atoms with Gasteiger partial charge >= 0.3 is 0 Å². The monoisotopic (exact) mass is 474 g/mol. The molecule has 2 aromatic heterocycles. The molecule has 2 N–H and O–H groups in total. The van der Waals surface area contributed by atoms with Gasteiger partial charge in [-0.1, -0.05) is 48.5 Å². The lowest BCUT2D eigenvalue weighted by atomic mass is 10.1. The number of rotatable bonds is 7. The first-order valence-corrected chi connectivity index (χ1v) is 11.4. The summed E-state index contributed by atoms with van der Waals surface area (Å²) in [5.41, 5.74) is 2.07. The number of anilines is 1. The standard InChI is InChI=1S/C29H22N4O3/c30-16-22(29(35)32-24-12-11-20-6-1-2-7-21(20)15-24)14-23-18-33(27-10-4-3-9-26(23)27)19-28(34)31-17-25-8-5-13-36-25/h1-15,18H,17,19H2,(H,31,34)(H,32,35). The molecule has 2 amide bonds. The van der Waals surface area contributed by atoms with Crippen molar-refractivity contribution in [3.05, 3.63) is 108 Å². The van der Waals surface area contributed by atoms with E-state index in [1.54, 1.807) is 35.2 Å². The summed E-state index contributed by atoms with van der Waals surface area (Å²) in [6.07, 6.45) is 4.89. The van der Waals surface area contributed by atoms with Crippen molar-refractivity contribution >= 4 is 45.3 Å². The molecule has 2 heterocycles. The zero-order valence-corrected chi connectivity index (χ0v) is 19.3. The molecular weight excluding hydrogens is 452 g/mol. The Hall–Kier alpha value is -5.09. The molecule has 0 aliphatic carbocycles. The number of aromatic nitrogens is 1. The van der Waals surface area contributed by atoms with Crippen molar-refractivity contribution in [2.45, 2.75) is 13.1 Å². The minimum atomic E-state index is -0.499. The van der Waals surface area contributed by atoms with Crippen LogP contribution in [0.4, 0.5) is 5.69 Å². The summed E-state index contributed by atoms with van der Waals surface area (Å²) in [6, 6.07) is 26.6. The summed E-state index contributed by atoms with van der Waals surface area (Å²) in [5, 5.41) is 18.3. The molecule has 0 fully saturated rings. The second-order valence-electron chi connectivity index (χ2n) is 8.27. The predicted octanol–water partition coefficient (Wildman–Crippen LogP) is 5.25. The summed E-state index contributed by atoms with van der Waals surface area (Å²) in [7, 11) is 0. The van der Waals surface area contributed by atoms with Crippen LogP contribution >= 0.6 is 0 Å². The Morgan fingerprint density at radius 1 is 0.972 bits per heavy atom.